The number of fused-ring (bicyclic) bond motifs is 1. The summed E-state index contributed by atoms with van der Waals surface area (Å²) in [5, 5.41) is 4.05. The molecule has 1 unspecified atom stereocenters. The van der Waals surface area contributed by atoms with E-state index in [1.807, 2.05) is 30.3 Å². The van der Waals surface area contributed by atoms with E-state index < -0.39 is 23.4 Å². The van der Waals surface area contributed by atoms with E-state index in [-0.39, 0.29) is 6.61 Å². The number of ether oxygens (including phenoxy) is 2. The summed E-state index contributed by atoms with van der Waals surface area (Å²) < 4.78 is 10.5. The summed E-state index contributed by atoms with van der Waals surface area (Å²) in [5.41, 5.74) is 2.98. The molecule has 0 spiro atoms. The lowest BCUT2D eigenvalue weighted by atomic mass is 9.93. The lowest BCUT2D eigenvalue weighted by Crippen LogP contribution is -2.48. The highest BCUT2D eigenvalue weighted by molar-refractivity contribution is 7.20. The third-order valence-corrected chi connectivity index (χ3v) is 6.89. The van der Waals surface area contributed by atoms with Gasteiger partial charge in [-0.25, -0.2) is 9.78 Å². The van der Waals surface area contributed by atoms with Crippen molar-refractivity contribution in [2.45, 2.75) is 38.8 Å². The molecular weight excluding hydrogens is 458 g/mol. The molecule has 34 heavy (non-hydrogen) atoms. The van der Waals surface area contributed by atoms with E-state index >= 15 is 0 Å². The molecule has 2 N–H and O–H groups in total. The second kappa shape index (κ2) is 9.35. The Hall–Kier alpha value is -3.57. The van der Waals surface area contributed by atoms with Crippen molar-refractivity contribution in [3.63, 3.8) is 0 Å². The van der Waals surface area contributed by atoms with Gasteiger partial charge in [0.2, 0.25) is 5.88 Å². The molecule has 1 atom stereocenters. The number of carbonyl (C=O) groups excluding carboxylic acids is 3. The maximum absolute atomic E-state index is 13.1. The minimum Gasteiger partial charge on any atom is -0.480 e. The molecule has 0 radical (unpaired) electrons. The zero-order chi connectivity index (χ0) is 24.5. The van der Waals surface area contributed by atoms with Gasteiger partial charge in [0.25, 0.3) is 11.8 Å². The summed E-state index contributed by atoms with van der Waals surface area (Å²) >= 11 is 1.13. The second-order valence-corrected chi connectivity index (χ2v) is 9.15. The number of amides is 4. The average molecular weight is 484 g/mol. The summed E-state index contributed by atoms with van der Waals surface area (Å²) in [6.45, 7) is 3.59. The van der Waals surface area contributed by atoms with E-state index in [2.05, 4.69) is 20.7 Å². The van der Waals surface area contributed by atoms with Gasteiger partial charge in [0.15, 0.2) is 5.82 Å². The Kier molecular flexibility index (Phi) is 6.49. The van der Waals surface area contributed by atoms with E-state index in [0.29, 0.717) is 45.2 Å². The van der Waals surface area contributed by atoms with E-state index in [0.717, 1.165) is 21.9 Å². The number of hydrogen-bond acceptors (Lipinski definition) is 8. The molecule has 1 aliphatic heterocycles. The van der Waals surface area contributed by atoms with Crippen LogP contribution in [0.2, 0.25) is 0 Å². The van der Waals surface area contributed by atoms with Gasteiger partial charge in [-0.15, -0.1) is 11.3 Å². The first-order chi connectivity index (χ1) is 16.3. The fourth-order valence-corrected chi connectivity index (χ4v) is 4.93. The zero-order valence-electron chi connectivity index (χ0n) is 19.3. The molecule has 1 saturated heterocycles. The molecular formula is C23H25N5O5S. The van der Waals surface area contributed by atoms with Crippen molar-refractivity contribution in [1.29, 1.82) is 0 Å². The van der Waals surface area contributed by atoms with Gasteiger partial charge in [-0.1, -0.05) is 30.3 Å². The number of hydrogen-bond donors (Lipinski definition) is 2. The third kappa shape index (κ3) is 4.31. The van der Waals surface area contributed by atoms with Crippen LogP contribution >= 0.6 is 11.3 Å². The molecule has 1 aromatic carbocycles. The van der Waals surface area contributed by atoms with Gasteiger partial charge >= 0.3 is 6.03 Å². The van der Waals surface area contributed by atoms with Gasteiger partial charge in [-0.3, -0.25) is 15.0 Å². The Labute approximate surface area is 200 Å². The minimum atomic E-state index is -1.13. The number of nitrogens with one attached hydrogen (secondary N) is 2. The van der Waals surface area contributed by atoms with E-state index in [1.165, 1.54) is 14.2 Å². The molecule has 2 aromatic heterocycles. The topological polar surface area (TPSA) is 123 Å². The quantitative estimate of drug-likeness (QED) is 0.472. The molecule has 10 nitrogen and oxygen atoms in total. The van der Waals surface area contributed by atoms with Crippen molar-refractivity contribution in [2.75, 3.05) is 14.2 Å². The average Bonchev–Trinajstić information content (AvgIpc) is 3.27. The number of rotatable bonds is 8. The highest BCUT2D eigenvalue weighted by Crippen LogP contribution is 2.35. The Morgan fingerprint density at radius 1 is 1.21 bits per heavy atom. The molecule has 11 heteroatoms. The van der Waals surface area contributed by atoms with Crippen LogP contribution in [0.1, 0.15) is 40.0 Å². The van der Waals surface area contributed by atoms with E-state index in [1.54, 1.807) is 13.8 Å². The van der Waals surface area contributed by atoms with Gasteiger partial charge in [0.1, 0.15) is 17.0 Å². The fourth-order valence-electron chi connectivity index (χ4n) is 3.85. The Balaban J connectivity index is 1.54. The Morgan fingerprint density at radius 2 is 1.94 bits per heavy atom. The monoisotopic (exact) mass is 483 g/mol. The standard InChI is InChI=1S/C23H25N5O5S/c1-13-16-19(33-4)24-15(12-32-3)25-20(16)34-17(13)18(29)27-28-21(30)23(2,26-22(28)31)11-10-14-8-6-5-7-9-14/h5-9H,10-12H2,1-4H3,(H,26,31)(H,27,29). The van der Waals surface area contributed by atoms with Crippen molar-refractivity contribution in [2.24, 2.45) is 0 Å². The van der Waals surface area contributed by atoms with Crippen LogP contribution in [0, 0.1) is 6.92 Å². The molecule has 0 aliphatic carbocycles. The van der Waals surface area contributed by atoms with Crippen molar-refractivity contribution < 1.29 is 23.9 Å². The summed E-state index contributed by atoms with van der Waals surface area (Å²) in [6, 6.07) is 9.01. The highest BCUT2D eigenvalue weighted by Gasteiger charge is 2.48. The van der Waals surface area contributed by atoms with E-state index in [9.17, 15) is 14.4 Å². The molecule has 1 fully saturated rings. The molecule has 4 amide bonds. The highest BCUT2D eigenvalue weighted by atomic mass is 32.1. The number of thiophene rings is 1. The van der Waals surface area contributed by atoms with Crippen LogP contribution in [0.25, 0.3) is 10.2 Å². The number of urea groups is 1. The first-order valence-electron chi connectivity index (χ1n) is 10.6. The van der Waals surface area contributed by atoms with Gasteiger partial charge in [-0.2, -0.15) is 9.99 Å². The summed E-state index contributed by atoms with van der Waals surface area (Å²) in [5.74, 6) is -0.358. The number of carbonyl (C=O) groups is 3. The van der Waals surface area contributed by atoms with Crippen LogP contribution in [0.5, 0.6) is 5.88 Å². The van der Waals surface area contributed by atoms with Crippen LogP contribution in [-0.4, -0.2) is 52.6 Å². The summed E-state index contributed by atoms with van der Waals surface area (Å²) in [4.78, 5) is 48.4. The van der Waals surface area contributed by atoms with Crippen LogP contribution in [0.4, 0.5) is 4.79 Å². The van der Waals surface area contributed by atoms with Gasteiger partial charge in [0, 0.05) is 7.11 Å². The maximum Gasteiger partial charge on any atom is 0.344 e. The number of aryl methyl sites for hydroxylation is 2. The summed E-state index contributed by atoms with van der Waals surface area (Å²) in [6.07, 6.45) is 0.994. The second-order valence-electron chi connectivity index (χ2n) is 8.15. The zero-order valence-corrected chi connectivity index (χ0v) is 20.1. The van der Waals surface area contributed by atoms with Crippen molar-refractivity contribution in [3.8, 4) is 5.88 Å². The number of imide groups is 1. The molecule has 3 aromatic rings. The lowest BCUT2D eigenvalue weighted by Gasteiger charge is -2.21. The van der Waals surface area contributed by atoms with Gasteiger partial charge in [0.05, 0.1) is 17.4 Å². The number of nitrogens with zero attached hydrogens (tertiary/aromatic N) is 3. The molecule has 0 bridgehead atoms. The predicted octanol–water partition coefficient (Wildman–Crippen LogP) is 2.74. The normalized spacial score (nSPS) is 17.8. The third-order valence-electron chi connectivity index (χ3n) is 5.71. The predicted molar refractivity (Wildman–Crippen MR) is 125 cm³/mol. The summed E-state index contributed by atoms with van der Waals surface area (Å²) in [7, 11) is 3.02. The van der Waals surface area contributed by atoms with Crippen LogP contribution in [-0.2, 0) is 22.6 Å². The van der Waals surface area contributed by atoms with Crippen LogP contribution in [0.15, 0.2) is 30.3 Å². The van der Waals surface area contributed by atoms with Crippen LogP contribution < -0.4 is 15.5 Å². The number of hydrazine groups is 1. The molecule has 3 heterocycles. The Bertz CT molecular complexity index is 1260. The molecule has 178 valence electrons. The smallest absolute Gasteiger partial charge is 0.344 e. The lowest BCUT2D eigenvalue weighted by molar-refractivity contribution is -0.132. The molecule has 4 rings (SSSR count). The maximum atomic E-state index is 13.1. The van der Waals surface area contributed by atoms with Crippen molar-refractivity contribution in [3.05, 3.63) is 52.2 Å². The number of benzene rings is 1. The van der Waals surface area contributed by atoms with Crippen LogP contribution in [0.3, 0.4) is 0 Å². The van der Waals surface area contributed by atoms with Gasteiger partial charge < -0.3 is 14.8 Å². The first kappa shape index (κ1) is 23.6. The number of methoxy groups -OCH3 is 2. The largest absolute Gasteiger partial charge is 0.480 e. The number of aromatic nitrogens is 2. The van der Waals surface area contributed by atoms with Crippen molar-refractivity contribution in [1.82, 2.24) is 25.7 Å². The molecule has 1 aliphatic rings. The minimum absolute atomic E-state index is 0.189. The SMILES string of the molecule is COCc1nc(OC)c2c(C)c(C(=O)NN3C(=O)NC(C)(CCc4ccccc4)C3=O)sc2n1. The first-order valence-corrected chi connectivity index (χ1v) is 11.4. The van der Waals surface area contributed by atoms with Crippen molar-refractivity contribution >= 4 is 39.4 Å². The Morgan fingerprint density at radius 3 is 2.62 bits per heavy atom. The molecule has 0 saturated carbocycles. The fraction of sp³-hybridized carbons (Fsp3) is 0.348. The van der Waals surface area contributed by atoms with E-state index in [4.69, 9.17) is 9.47 Å². The van der Waals surface area contributed by atoms with Gasteiger partial charge in [-0.05, 0) is 37.8 Å².